The number of rotatable bonds is 5. The lowest BCUT2D eigenvalue weighted by molar-refractivity contribution is -0.129. The van der Waals surface area contributed by atoms with E-state index in [4.69, 9.17) is 11.6 Å². The third kappa shape index (κ3) is 4.67. The molecule has 0 bridgehead atoms. The third-order valence-electron chi connectivity index (χ3n) is 2.86. The number of hydrogen-bond acceptors (Lipinski definition) is 2. The zero-order chi connectivity index (χ0) is 13.7. The largest absolute Gasteiger partial charge is 0.349 e. The van der Waals surface area contributed by atoms with Gasteiger partial charge in [-0.1, -0.05) is 23.7 Å². The van der Waals surface area contributed by atoms with Crippen LogP contribution in [0.3, 0.4) is 0 Å². The second-order valence-electron chi connectivity index (χ2n) is 4.86. The molecule has 1 aromatic rings. The molecule has 1 N–H and O–H groups in total. The van der Waals surface area contributed by atoms with Crippen molar-refractivity contribution in [2.45, 2.75) is 32.9 Å². The van der Waals surface area contributed by atoms with Crippen molar-refractivity contribution in [1.29, 1.82) is 0 Å². The van der Waals surface area contributed by atoms with E-state index in [9.17, 15) is 4.79 Å². The van der Waals surface area contributed by atoms with Gasteiger partial charge < -0.3 is 10.2 Å². The summed E-state index contributed by atoms with van der Waals surface area (Å²) in [5.41, 5.74) is 2.26. The summed E-state index contributed by atoms with van der Waals surface area (Å²) in [4.78, 5) is 13.1. The number of amides is 1. The van der Waals surface area contributed by atoms with E-state index in [2.05, 4.69) is 11.4 Å². The maximum Gasteiger partial charge on any atom is 0.223 e. The second-order valence-corrected chi connectivity index (χ2v) is 5.26. The molecule has 0 aliphatic heterocycles. The van der Waals surface area contributed by atoms with Crippen molar-refractivity contribution >= 4 is 17.5 Å². The lowest BCUT2D eigenvalue weighted by Gasteiger charge is -2.16. The van der Waals surface area contributed by atoms with Crippen LogP contribution in [0.1, 0.15) is 24.5 Å². The Hall–Kier alpha value is -1.06. The summed E-state index contributed by atoms with van der Waals surface area (Å²) in [5.74, 6) is 0.141. The van der Waals surface area contributed by atoms with Gasteiger partial charge in [-0.25, -0.2) is 0 Å². The highest BCUT2D eigenvalue weighted by Crippen LogP contribution is 2.16. The van der Waals surface area contributed by atoms with Gasteiger partial charge in [0.2, 0.25) is 5.91 Å². The Morgan fingerprint density at radius 3 is 2.67 bits per heavy atom. The minimum atomic E-state index is 0.141. The fraction of sp³-hybridized carbons (Fsp3) is 0.500. The van der Waals surface area contributed by atoms with Crippen molar-refractivity contribution in [3.63, 3.8) is 0 Å². The van der Waals surface area contributed by atoms with E-state index in [0.717, 1.165) is 17.1 Å². The number of hydrogen-bond donors (Lipinski definition) is 1. The molecule has 0 aliphatic carbocycles. The van der Waals surface area contributed by atoms with Crippen molar-refractivity contribution in [3.8, 4) is 0 Å². The summed E-state index contributed by atoms with van der Waals surface area (Å²) in [6, 6.07) is 6.14. The van der Waals surface area contributed by atoms with Gasteiger partial charge in [0.15, 0.2) is 0 Å². The van der Waals surface area contributed by atoms with Gasteiger partial charge in [-0.2, -0.15) is 0 Å². The van der Waals surface area contributed by atoms with Crippen LogP contribution in [0.5, 0.6) is 0 Å². The molecule has 0 radical (unpaired) electrons. The van der Waals surface area contributed by atoms with Gasteiger partial charge in [0.05, 0.1) is 0 Å². The molecule has 100 valence electrons. The van der Waals surface area contributed by atoms with Crippen LogP contribution in [0.25, 0.3) is 0 Å². The SMILES string of the molecule is Cc1cc(CN[C@H](C)CC(=O)N(C)C)ccc1Cl. The molecular weight excluding hydrogens is 248 g/mol. The zero-order valence-corrected chi connectivity index (χ0v) is 12.2. The topological polar surface area (TPSA) is 32.3 Å². The average Bonchev–Trinajstić information content (AvgIpc) is 2.30. The first-order valence-corrected chi connectivity index (χ1v) is 6.46. The minimum Gasteiger partial charge on any atom is -0.349 e. The standard InChI is InChI=1S/C14H21ClN2O/c1-10-7-12(5-6-13(10)15)9-16-11(2)8-14(18)17(3)4/h5-7,11,16H,8-9H2,1-4H3/t11-/m1/s1. The molecule has 0 aliphatic rings. The van der Waals surface area contributed by atoms with Gasteiger partial charge in [0, 0.05) is 38.1 Å². The van der Waals surface area contributed by atoms with Crippen LogP contribution >= 0.6 is 11.6 Å². The molecule has 1 rings (SSSR count). The molecule has 0 heterocycles. The van der Waals surface area contributed by atoms with Gasteiger partial charge in [0.1, 0.15) is 0 Å². The lowest BCUT2D eigenvalue weighted by Crippen LogP contribution is -2.32. The van der Waals surface area contributed by atoms with Crippen molar-refractivity contribution in [2.75, 3.05) is 14.1 Å². The van der Waals surface area contributed by atoms with Crippen molar-refractivity contribution in [2.24, 2.45) is 0 Å². The molecule has 4 heteroatoms. The van der Waals surface area contributed by atoms with Crippen molar-refractivity contribution in [1.82, 2.24) is 10.2 Å². The molecule has 0 fully saturated rings. The van der Waals surface area contributed by atoms with Crippen LogP contribution in [-0.4, -0.2) is 30.9 Å². The van der Waals surface area contributed by atoms with Crippen molar-refractivity contribution in [3.05, 3.63) is 34.3 Å². The molecule has 3 nitrogen and oxygen atoms in total. The number of carbonyl (C=O) groups is 1. The summed E-state index contributed by atoms with van der Waals surface area (Å²) >= 11 is 5.98. The first kappa shape index (κ1) is 15.0. The molecule has 18 heavy (non-hydrogen) atoms. The van der Waals surface area contributed by atoms with Gasteiger partial charge in [0.25, 0.3) is 0 Å². The molecule has 0 saturated heterocycles. The third-order valence-corrected chi connectivity index (χ3v) is 3.28. The van der Waals surface area contributed by atoms with Crippen LogP contribution in [-0.2, 0) is 11.3 Å². The van der Waals surface area contributed by atoms with Gasteiger partial charge >= 0.3 is 0 Å². The minimum absolute atomic E-state index is 0.141. The van der Waals surface area contributed by atoms with E-state index in [0.29, 0.717) is 6.42 Å². The van der Waals surface area contributed by atoms with Gasteiger partial charge in [-0.3, -0.25) is 4.79 Å². The summed E-state index contributed by atoms with van der Waals surface area (Å²) in [6.07, 6.45) is 0.513. The Balaban J connectivity index is 2.45. The highest BCUT2D eigenvalue weighted by molar-refractivity contribution is 6.31. The molecule has 0 saturated carbocycles. The Labute approximate surface area is 114 Å². The van der Waals surface area contributed by atoms with E-state index in [1.54, 1.807) is 19.0 Å². The predicted octanol–water partition coefficient (Wildman–Crippen LogP) is 2.60. The normalized spacial score (nSPS) is 12.3. The summed E-state index contributed by atoms with van der Waals surface area (Å²) in [6.45, 7) is 4.76. The Morgan fingerprint density at radius 1 is 1.44 bits per heavy atom. The molecule has 0 aromatic heterocycles. The number of halogens is 1. The van der Waals surface area contributed by atoms with Crippen LogP contribution in [0, 0.1) is 6.92 Å². The Bertz CT molecular complexity index is 418. The molecule has 0 unspecified atom stereocenters. The smallest absolute Gasteiger partial charge is 0.223 e. The van der Waals surface area contributed by atoms with Crippen molar-refractivity contribution < 1.29 is 4.79 Å². The first-order valence-electron chi connectivity index (χ1n) is 6.08. The number of aryl methyl sites for hydroxylation is 1. The first-order chi connectivity index (χ1) is 8.40. The summed E-state index contributed by atoms with van der Waals surface area (Å²) in [5, 5.41) is 4.13. The van der Waals surface area contributed by atoms with Gasteiger partial charge in [-0.15, -0.1) is 0 Å². The maximum absolute atomic E-state index is 11.5. The predicted molar refractivity (Wildman–Crippen MR) is 75.8 cm³/mol. The highest BCUT2D eigenvalue weighted by atomic mass is 35.5. The van der Waals surface area contributed by atoms with E-state index >= 15 is 0 Å². The monoisotopic (exact) mass is 268 g/mol. The maximum atomic E-state index is 11.5. The lowest BCUT2D eigenvalue weighted by atomic mass is 10.1. The highest BCUT2D eigenvalue weighted by Gasteiger charge is 2.10. The second kappa shape index (κ2) is 6.76. The quantitative estimate of drug-likeness (QED) is 0.890. The number of benzene rings is 1. The molecule has 1 aromatic carbocycles. The summed E-state index contributed by atoms with van der Waals surface area (Å²) < 4.78 is 0. The van der Waals surface area contributed by atoms with E-state index < -0.39 is 0 Å². The Kier molecular flexibility index (Phi) is 5.63. The van der Waals surface area contributed by atoms with E-state index in [1.165, 1.54) is 5.56 Å². The number of carbonyl (C=O) groups excluding carboxylic acids is 1. The number of nitrogens with one attached hydrogen (secondary N) is 1. The van der Waals surface area contributed by atoms with Crippen LogP contribution < -0.4 is 5.32 Å². The molecule has 1 amide bonds. The van der Waals surface area contributed by atoms with Crippen LogP contribution in [0.15, 0.2) is 18.2 Å². The van der Waals surface area contributed by atoms with Crippen LogP contribution in [0.4, 0.5) is 0 Å². The van der Waals surface area contributed by atoms with E-state index in [1.807, 2.05) is 26.0 Å². The zero-order valence-electron chi connectivity index (χ0n) is 11.5. The molecule has 1 atom stereocenters. The Morgan fingerprint density at radius 2 is 2.11 bits per heavy atom. The summed E-state index contributed by atoms with van der Waals surface area (Å²) in [7, 11) is 3.55. The fourth-order valence-electron chi connectivity index (χ4n) is 1.63. The molecular formula is C14H21ClN2O. The average molecular weight is 269 g/mol. The van der Waals surface area contributed by atoms with E-state index in [-0.39, 0.29) is 11.9 Å². The van der Waals surface area contributed by atoms with Gasteiger partial charge in [-0.05, 0) is 31.0 Å². The molecule has 0 spiro atoms. The fourth-order valence-corrected chi connectivity index (χ4v) is 1.74. The number of nitrogens with zero attached hydrogens (tertiary/aromatic N) is 1. The van der Waals surface area contributed by atoms with Crippen LogP contribution in [0.2, 0.25) is 5.02 Å².